The number of carbonyl (C=O) groups is 1. The van der Waals surface area contributed by atoms with Gasteiger partial charge in [-0.1, -0.05) is 12.1 Å². The summed E-state index contributed by atoms with van der Waals surface area (Å²) in [4.78, 5) is 26.2. The first-order chi connectivity index (χ1) is 12.1. The lowest BCUT2D eigenvalue weighted by atomic mass is 10.1. The monoisotopic (exact) mass is 342 g/mol. The molecule has 3 rings (SSSR count). The van der Waals surface area contributed by atoms with Crippen LogP contribution in [0.5, 0.6) is 11.5 Å². The number of H-pyrrole nitrogens is 1. The average Bonchev–Trinajstić information content (AvgIpc) is 3.00. The fourth-order valence-corrected chi connectivity index (χ4v) is 2.63. The number of aromatic amines is 1. The summed E-state index contributed by atoms with van der Waals surface area (Å²) in [6.07, 6.45) is 0.591. The van der Waals surface area contributed by atoms with Crippen LogP contribution in [-0.4, -0.2) is 31.7 Å². The molecule has 0 radical (unpaired) electrons. The molecule has 7 nitrogen and oxygen atoms in total. The van der Waals surface area contributed by atoms with Crippen LogP contribution in [0.1, 0.15) is 15.9 Å². The smallest absolute Gasteiger partial charge is 0.417 e. The van der Waals surface area contributed by atoms with Crippen LogP contribution in [0.25, 0.3) is 11.1 Å². The van der Waals surface area contributed by atoms with Crippen molar-refractivity contribution in [1.29, 1.82) is 0 Å². The number of oxazole rings is 1. The molecule has 2 N–H and O–H groups in total. The highest BCUT2D eigenvalue weighted by atomic mass is 16.5. The van der Waals surface area contributed by atoms with Crippen LogP contribution in [0.2, 0.25) is 0 Å². The van der Waals surface area contributed by atoms with E-state index >= 15 is 0 Å². The highest BCUT2D eigenvalue weighted by Crippen LogP contribution is 2.27. The number of carbonyl (C=O) groups excluding carboxylic acids is 1. The van der Waals surface area contributed by atoms with Gasteiger partial charge in [0, 0.05) is 6.54 Å². The third kappa shape index (κ3) is 3.50. The zero-order chi connectivity index (χ0) is 17.8. The van der Waals surface area contributed by atoms with Crippen LogP contribution in [0.3, 0.4) is 0 Å². The normalized spacial score (nSPS) is 10.6. The number of fused-ring (bicyclic) bond motifs is 1. The first-order valence-electron chi connectivity index (χ1n) is 7.73. The minimum Gasteiger partial charge on any atom is -0.496 e. The second kappa shape index (κ2) is 7.12. The number of hydrogen-bond acceptors (Lipinski definition) is 5. The molecule has 1 amide bonds. The van der Waals surface area contributed by atoms with E-state index in [2.05, 4.69) is 10.3 Å². The predicted molar refractivity (Wildman–Crippen MR) is 92.4 cm³/mol. The highest BCUT2D eigenvalue weighted by molar-refractivity contribution is 5.99. The summed E-state index contributed by atoms with van der Waals surface area (Å²) < 4.78 is 15.5. The Bertz CT molecular complexity index is 935. The maximum Gasteiger partial charge on any atom is 0.417 e. The van der Waals surface area contributed by atoms with Gasteiger partial charge in [-0.25, -0.2) is 4.79 Å². The van der Waals surface area contributed by atoms with Gasteiger partial charge in [0.1, 0.15) is 17.1 Å². The van der Waals surface area contributed by atoms with Gasteiger partial charge in [-0.15, -0.1) is 0 Å². The maximum absolute atomic E-state index is 12.5. The number of rotatable bonds is 6. The van der Waals surface area contributed by atoms with E-state index in [4.69, 9.17) is 13.9 Å². The van der Waals surface area contributed by atoms with E-state index in [1.54, 1.807) is 30.3 Å². The first-order valence-corrected chi connectivity index (χ1v) is 7.73. The van der Waals surface area contributed by atoms with E-state index in [0.717, 1.165) is 5.56 Å². The number of hydrogen-bond donors (Lipinski definition) is 2. The van der Waals surface area contributed by atoms with Crippen molar-refractivity contribution in [2.45, 2.75) is 6.42 Å². The molecule has 2 aromatic carbocycles. The number of methoxy groups -OCH3 is 2. The Labute approximate surface area is 143 Å². The van der Waals surface area contributed by atoms with Crippen LogP contribution in [0, 0.1) is 0 Å². The van der Waals surface area contributed by atoms with E-state index in [1.165, 1.54) is 14.2 Å². The lowest BCUT2D eigenvalue weighted by molar-refractivity contribution is 0.0948. The first kappa shape index (κ1) is 16.6. The zero-order valence-electron chi connectivity index (χ0n) is 13.9. The summed E-state index contributed by atoms with van der Waals surface area (Å²) in [5.41, 5.74) is 2.46. The van der Waals surface area contributed by atoms with Crippen LogP contribution < -0.4 is 20.5 Å². The van der Waals surface area contributed by atoms with Crippen molar-refractivity contribution in [3.05, 3.63) is 58.1 Å². The lowest BCUT2D eigenvalue weighted by Crippen LogP contribution is -2.26. The van der Waals surface area contributed by atoms with Crippen LogP contribution in [0.4, 0.5) is 0 Å². The molecule has 0 saturated heterocycles. The summed E-state index contributed by atoms with van der Waals surface area (Å²) in [5, 5.41) is 2.85. The molecule has 0 spiro atoms. The Morgan fingerprint density at radius 1 is 1.16 bits per heavy atom. The number of aromatic nitrogens is 1. The SMILES string of the molecule is COc1cccc(OC)c1C(=O)NCCc1ccc2[nH]c(=O)oc2c1. The summed E-state index contributed by atoms with van der Waals surface area (Å²) in [6.45, 7) is 0.417. The van der Waals surface area contributed by atoms with Gasteiger partial charge in [0.2, 0.25) is 0 Å². The molecule has 0 aliphatic rings. The van der Waals surface area contributed by atoms with Crippen molar-refractivity contribution in [3.8, 4) is 11.5 Å². The van der Waals surface area contributed by atoms with Gasteiger partial charge in [-0.3, -0.25) is 9.78 Å². The largest absolute Gasteiger partial charge is 0.496 e. The molecule has 0 saturated carbocycles. The van der Waals surface area contributed by atoms with Crippen molar-refractivity contribution < 1.29 is 18.7 Å². The Hall–Kier alpha value is -3.22. The van der Waals surface area contributed by atoms with Gasteiger partial charge in [0.05, 0.1) is 19.7 Å². The van der Waals surface area contributed by atoms with E-state index in [-0.39, 0.29) is 5.91 Å². The second-order valence-electron chi connectivity index (χ2n) is 5.39. The summed E-state index contributed by atoms with van der Waals surface area (Å²) in [7, 11) is 3.01. The molecule has 1 heterocycles. The summed E-state index contributed by atoms with van der Waals surface area (Å²) >= 11 is 0. The van der Waals surface area contributed by atoms with Gasteiger partial charge in [0.25, 0.3) is 5.91 Å². The fraction of sp³-hybridized carbons (Fsp3) is 0.222. The van der Waals surface area contributed by atoms with E-state index in [0.29, 0.717) is 41.1 Å². The lowest BCUT2D eigenvalue weighted by Gasteiger charge is -2.13. The number of benzene rings is 2. The number of ether oxygens (including phenoxy) is 2. The minimum atomic E-state index is -0.483. The summed E-state index contributed by atoms with van der Waals surface area (Å²) in [6, 6.07) is 10.6. The quantitative estimate of drug-likeness (QED) is 0.716. The molecular weight excluding hydrogens is 324 g/mol. The average molecular weight is 342 g/mol. The van der Waals surface area contributed by atoms with Crippen molar-refractivity contribution in [2.24, 2.45) is 0 Å². The third-order valence-corrected chi connectivity index (χ3v) is 3.84. The predicted octanol–water partition coefficient (Wildman–Crippen LogP) is 2.11. The third-order valence-electron chi connectivity index (χ3n) is 3.84. The molecular formula is C18H18N2O5. The molecule has 7 heteroatoms. The van der Waals surface area contributed by atoms with Crippen LogP contribution >= 0.6 is 0 Å². The van der Waals surface area contributed by atoms with Crippen molar-refractivity contribution >= 4 is 17.0 Å². The Kier molecular flexibility index (Phi) is 4.74. The van der Waals surface area contributed by atoms with E-state index in [9.17, 15) is 9.59 Å². The molecule has 0 aliphatic heterocycles. The van der Waals surface area contributed by atoms with Crippen molar-refractivity contribution in [1.82, 2.24) is 10.3 Å². The molecule has 3 aromatic rings. The Morgan fingerprint density at radius 3 is 2.56 bits per heavy atom. The minimum absolute atomic E-state index is 0.274. The van der Waals surface area contributed by atoms with Crippen molar-refractivity contribution in [2.75, 3.05) is 20.8 Å². The fourth-order valence-electron chi connectivity index (χ4n) is 2.63. The van der Waals surface area contributed by atoms with Gasteiger partial charge < -0.3 is 19.2 Å². The molecule has 25 heavy (non-hydrogen) atoms. The highest BCUT2D eigenvalue weighted by Gasteiger charge is 2.17. The molecule has 0 atom stereocenters. The number of nitrogens with one attached hydrogen (secondary N) is 2. The van der Waals surface area contributed by atoms with Gasteiger partial charge in [0.15, 0.2) is 5.58 Å². The second-order valence-corrected chi connectivity index (χ2v) is 5.39. The molecule has 1 aromatic heterocycles. The van der Waals surface area contributed by atoms with E-state index < -0.39 is 5.76 Å². The zero-order valence-corrected chi connectivity index (χ0v) is 13.9. The molecule has 0 fully saturated rings. The van der Waals surface area contributed by atoms with Crippen molar-refractivity contribution in [3.63, 3.8) is 0 Å². The molecule has 0 bridgehead atoms. The number of amides is 1. The molecule has 0 aliphatic carbocycles. The summed E-state index contributed by atoms with van der Waals surface area (Å²) in [5.74, 6) is 0.145. The van der Waals surface area contributed by atoms with Gasteiger partial charge in [-0.2, -0.15) is 0 Å². The topological polar surface area (TPSA) is 93.6 Å². The van der Waals surface area contributed by atoms with Gasteiger partial charge >= 0.3 is 5.76 Å². The Balaban J connectivity index is 1.69. The maximum atomic E-state index is 12.5. The van der Waals surface area contributed by atoms with Crippen LogP contribution in [-0.2, 0) is 6.42 Å². The standard InChI is InChI=1S/C18H18N2O5/c1-23-13-4-3-5-14(24-2)16(13)17(21)19-9-8-11-6-7-12-15(10-11)25-18(22)20-12/h3-7,10H,8-9H2,1-2H3,(H,19,21)(H,20,22). The van der Waals surface area contributed by atoms with Gasteiger partial charge in [-0.05, 0) is 36.2 Å². The van der Waals surface area contributed by atoms with Crippen LogP contribution in [0.15, 0.2) is 45.6 Å². The Morgan fingerprint density at radius 2 is 1.88 bits per heavy atom. The van der Waals surface area contributed by atoms with E-state index in [1.807, 2.05) is 6.07 Å². The molecule has 0 unspecified atom stereocenters. The molecule has 130 valence electrons.